The molecule has 2 heterocycles. The van der Waals surface area contributed by atoms with Crippen molar-refractivity contribution in [2.24, 2.45) is 0 Å². The van der Waals surface area contributed by atoms with Gasteiger partial charge in [-0.1, -0.05) is 12.6 Å². The molecule has 134 valence electrons. The van der Waals surface area contributed by atoms with Gasteiger partial charge in [-0.2, -0.15) is 5.26 Å². The van der Waals surface area contributed by atoms with Gasteiger partial charge in [-0.25, -0.2) is 9.97 Å². The lowest BCUT2D eigenvalue weighted by Crippen LogP contribution is -2.23. The maximum Gasteiger partial charge on any atom is 0.255 e. The molecule has 27 heavy (non-hydrogen) atoms. The molecule has 0 aliphatic heterocycles. The second-order valence-corrected chi connectivity index (χ2v) is 5.27. The second-order valence-electron chi connectivity index (χ2n) is 5.27. The van der Waals surface area contributed by atoms with Crippen LogP contribution in [0.2, 0.25) is 0 Å². The number of nitrogens with zero attached hydrogens (tertiary/aromatic N) is 3. The third-order valence-electron chi connectivity index (χ3n) is 3.44. The average molecular weight is 362 g/mol. The number of carbonyl (C=O) groups is 2. The Morgan fingerprint density at radius 3 is 3.04 bits per heavy atom. The van der Waals surface area contributed by atoms with Crippen LogP contribution < -0.4 is 15.4 Å². The minimum atomic E-state index is -0.441. The minimum absolute atomic E-state index is 0.113. The van der Waals surface area contributed by atoms with Gasteiger partial charge in [-0.15, -0.1) is 0 Å². The number of fused-ring (bicyclic) bond motifs is 1. The van der Waals surface area contributed by atoms with Crippen molar-refractivity contribution in [1.82, 2.24) is 20.3 Å². The van der Waals surface area contributed by atoms with Crippen LogP contribution in [-0.2, 0) is 4.79 Å². The molecular weight excluding hydrogens is 348 g/mol. The maximum atomic E-state index is 12.1. The number of carbonyl (C=O) groups excluding carboxylic acids is 2. The molecule has 0 aliphatic carbocycles. The summed E-state index contributed by atoms with van der Waals surface area (Å²) in [6.07, 6.45) is 4.04. The quantitative estimate of drug-likeness (QED) is 0.454. The van der Waals surface area contributed by atoms with E-state index in [2.05, 4.69) is 32.2 Å². The average Bonchev–Trinajstić information content (AvgIpc) is 3.09. The molecular formula is C18H14N6O3. The number of benzene rings is 1. The van der Waals surface area contributed by atoms with E-state index in [0.717, 1.165) is 6.08 Å². The molecule has 2 amide bonds. The zero-order valence-electron chi connectivity index (χ0n) is 14.0. The van der Waals surface area contributed by atoms with E-state index in [0.29, 0.717) is 22.6 Å². The summed E-state index contributed by atoms with van der Waals surface area (Å²) in [6.45, 7) is 3.28. The smallest absolute Gasteiger partial charge is 0.255 e. The number of hydrogen-bond donors (Lipinski definition) is 3. The number of hydrogen-bond acceptors (Lipinski definition) is 6. The topological polar surface area (TPSA) is 133 Å². The Labute approximate surface area is 153 Å². The van der Waals surface area contributed by atoms with Crippen LogP contribution in [0.3, 0.4) is 0 Å². The highest BCUT2D eigenvalue weighted by atomic mass is 16.5. The molecule has 1 aromatic carbocycles. The molecule has 3 rings (SSSR count). The number of aromatic nitrogens is 3. The van der Waals surface area contributed by atoms with Gasteiger partial charge in [0, 0.05) is 18.0 Å². The molecule has 0 saturated carbocycles. The summed E-state index contributed by atoms with van der Waals surface area (Å²) in [7, 11) is 0. The maximum absolute atomic E-state index is 12.1. The summed E-state index contributed by atoms with van der Waals surface area (Å²) in [5.74, 6) is -0.183. The van der Waals surface area contributed by atoms with E-state index in [-0.39, 0.29) is 23.9 Å². The van der Waals surface area contributed by atoms with Crippen LogP contribution in [0.4, 0.5) is 5.69 Å². The molecule has 9 heteroatoms. The first-order valence-corrected chi connectivity index (χ1v) is 7.81. The highest BCUT2D eigenvalue weighted by molar-refractivity contribution is 6.04. The number of rotatable bonds is 6. The molecule has 0 radical (unpaired) electrons. The first-order chi connectivity index (χ1) is 13.1. The number of anilines is 1. The van der Waals surface area contributed by atoms with Crippen LogP contribution in [-0.4, -0.2) is 33.3 Å². The molecule has 0 bridgehead atoms. The molecule has 3 aromatic rings. The molecule has 0 fully saturated rings. The number of nitriles is 1. The zero-order valence-corrected chi connectivity index (χ0v) is 14.0. The Morgan fingerprint density at radius 2 is 2.26 bits per heavy atom. The van der Waals surface area contributed by atoms with E-state index in [9.17, 15) is 9.59 Å². The van der Waals surface area contributed by atoms with E-state index in [1.165, 1.54) is 12.4 Å². The van der Waals surface area contributed by atoms with Crippen LogP contribution >= 0.6 is 0 Å². The minimum Gasteiger partial charge on any atom is -0.437 e. The second kappa shape index (κ2) is 7.79. The van der Waals surface area contributed by atoms with Gasteiger partial charge in [0.15, 0.2) is 5.65 Å². The van der Waals surface area contributed by atoms with Crippen molar-refractivity contribution in [3.05, 3.63) is 54.9 Å². The van der Waals surface area contributed by atoms with Gasteiger partial charge in [-0.3, -0.25) is 9.59 Å². The van der Waals surface area contributed by atoms with Crippen molar-refractivity contribution < 1.29 is 14.3 Å². The molecule has 0 aliphatic rings. The van der Waals surface area contributed by atoms with E-state index in [1.54, 1.807) is 24.3 Å². The lowest BCUT2D eigenvalue weighted by atomic mass is 10.3. The van der Waals surface area contributed by atoms with Crippen molar-refractivity contribution in [2.45, 2.75) is 0 Å². The van der Waals surface area contributed by atoms with Gasteiger partial charge in [0.1, 0.15) is 17.8 Å². The summed E-state index contributed by atoms with van der Waals surface area (Å²) in [5.41, 5.74) is 1.52. The van der Waals surface area contributed by atoms with Crippen molar-refractivity contribution >= 4 is 28.7 Å². The number of aromatic amines is 1. The third-order valence-corrected chi connectivity index (χ3v) is 3.44. The zero-order chi connectivity index (χ0) is 19.2. The Bertz CT molecular complexity index is 1070. The SMILES string of the molecule is C=CC(=O)Nc1cccc(Oc2cnc3[nH]cc(C(=O)NCC#N)c3n2)c1. The summed E-state index contributed by atoms with van der Waals surface area (Å²) < 4.78 is 5.68. The predicted octanol–water partition coefficient (Wildman–Crippen LogP) is 2.13. The lowest BCUT2D eigenvalue weighted by molar-refractivity contribution is -0.111. The Morgan fingerprint density at radius 1 is 1.41 bits per heavy atom. The molecule has 3 N–H and O–H groups in total. The summed E-state index contributed by atoms with van der Waals surface area (Å²) in [4.78, 5) is 34.8. The largest absolute Gasteiger partial charge is 0.437 e. The van der Waals surface area contributed by atoms with Crippen molar-refractivity contribution in [1.29, 1.82) is 5.26 Å². The molecule has 0 spiro atoms. The van der Waals surface area contributed by atoms with Crippen LogP contribution in [0.1, 0.15) is 10.4 Å². The number of nitrogens with one attached hydrogen (secondary N) is 3. The summed E-state index contributed by atoms with van der Waals surface area (Å²) in [5, 5.41) is 13.7. The normalized spacial score (nSPS) is 10.0. The monoisotopic (exact) mass is 362 g/mol. The van der Waals surface area contributed by atoms with Gasteiger partial charge < -0.3 is 20.4 Å². The predicted molar refractivity (Wildman–Crippen MR) is 97.2 cm³/mol. The Kier molecular flexibility index (Phi) is 5.09. The van der Waals surface area contributed by atoms with Gasteiger partial charge in [0.05, 0.1) is 17.8 Å². The summed E-state index contributed by atoms with van der Waals surface area (Å²) >= 11 is 0. The van der Waals surface area contributed by atoms with Crippen LogP contribution in [0.5, 0.6) is 11.6 Å². The van der Waals surface area contributed by atoms with Gasteiger partial charge in [-0.05, 0) is 18.2 Å². The van der Waals surface area contributed by atoms with Crippen LogP contribution in [0.25, 0.3) is 11.2 Å². The Hall–Kier alpha value is -4.19. The van der Waals surface area contributed by atoms with Crippen LogP contribution in [0, 0.1) is 11.3 Å². The van der Waals surface area contributed by atoms with Gasteiger partial charge in [0.2, 0.25) is 11.8 Å². The standard InChI is InChI=1S/C18H14N6O3/c1-2-14(25)23-11-4-3-5-12(8-11)27-15-10-22-17-16(24-15)13(9-21-17)18(26)20-7-6-19/h2-5,8-10H,1,7H2,(H,20,26)(H,21,22)(H,23,25). The number of ether oxygens (including phenoxy) is 1. The molecule has 9 nitrogen and oxygen atoms in total. The fourth-order valence-corrected chi connectivity index (χ4v) is 2.26. The molecule has 0 saturated heterocycles. The van der Waals surface area contributed by atoms with E-state index in [1.807, 2.05) is 6.07 Å². The van der Waals surface area contributed by atoms with Gasteiger partial charge in [0.25, 0.3) is 5.91 Å². The molecule has 0 atom stereocenters. The Balaban J connectivity index is 1.84. The fourth-order valence-electron chi connectivity index (χ4n) is 2.26. The number of amides is 2. The van der Waals surface area contributed by atoms with E-state index >= 15 is 0 Å². The lowest BCUT2D eigenvalue weighted by Gasteiger charge is -2.07. The number of H-pyrrole nitrogens is 1. The van der Waals surface area contributed by atoms with E-state index < -0.39 is 5.91 Å². The van der Waals surface area contributed by atoms with Crippen LogP contribution in [0.15, 0.2) is 49.3 Å². The summed E-state index contributed by atoms with van der Waals surface area (Å²) in [6, 6.07) is 8.55. The molecule has 0 unspecified atom stereocenters. The molecule has 2 aromatic heterocycles. The first-order valence-electron chi connectivity index (χ1n) is 7.81. The van der Waals surface area contributed by atoms with Crippen molar-refractivity contribution in [2.75, 3.05) is 11.9 Å². The van der Waals surface area contributed by atoms with Crippen molar-refractivity contribution in [3.63, 3.8) is 0 Å². The highest BCUT2D eigenvalue weighted by Gasteiger charge is 2.15. The third kappa shape index (κ3) is 4.08. The van der Waals surface area contributed by atoms with Gasteiger partial charge >= 0.3 is 0 Å². The first kappa shape index (κ1) is 17.6. The fraction of sp³-hybridized carbons (Fsp3) is 0.0556. The van der Waals surface area contributed by atoms with Crippen molar-refractivity contribution in [3.8, 4) is 17.7 Å². The highest BCUT2D eigenvalue weighted by Crippen LogP contribution is 2.24. The van der Waals surface area contributed by atoms with E-state index in [4.69, 9.17) is 10.00 Å².